The lowest BCUT2D eigenvalue weighted by Gasteiger charge is -2.24. The lowest BCUT2D eigenvalue weighted by atomic mass is 10.1. The number of nitrogens with zero attached hydrogens (tertiary/aromatic N) is 2. The number of hydrogen-bond donors (Lipinski definition) is 2. The second-order valence-electron chi connectivity index (χ2n) is 5.22. The Balaban J connectivity index is 0.000000228. The van der Waals surface area contributed by atoms with Gasteiger partial charge in [0.2, 0.25) is 0 Å². The highest BCUT2D eigenvalue weighted by molar-refractivity contribution is 5.72. The molecule has 0 saturated carbocycles. The molecule has 3 rings (SSSR count). The van der Waals surface area contributed by atoms with Gasteiger partial charge in [0.25, 0.3) is 0 Å². The smallest absolute Gasteiger partial charge is 0.449 e. The Morgan fingerprint density at radius 1 is 1.15 bits per heavy atom. The molecule has 138 valence electrons. The van der Waals surface area contributed by atoms with E-state index < -0.39 is 6.16 Å². The summed E-state index contributed by atoms with van der Waals surface area (Å²) in [4.78, 5) is 26.2. The summed E-state index contributed by atoms with van der Waals surface area (Å²) in [6.07, 6.45) is 1.44. The molecule has 2 amide bonds. The third-order valence-corrected chi connectivity index (χ3v) is 3.42. The number of halogens is 1. The Labute approximate surface area is 149 Å². The predicted octanol–water partition coefficient (Wildman–Crippen LogP) is 2.34. The fourth-order valence-electron chi connectivity index (χ4n) is 2.16. The van der Waals surface area contributed by atoms with Gasteiger partial charge in [0, 0.05) is 24.8 Å². The maximum absolute atomic E-state index is 12.7. The van der Waals surface area contributed by atoms with Gasteiger partial charge in [0.15, 0.2) is 5.75 Å². The van der Waals surface area contributed by atoms with Crippen molar-refractivity contribution in [1.82, 2.24) is 9.88 Å². The molecule has 1 saturated heterocycles. The van der Waals surface area contributed by atoms with Gasteiger partial charge in [-0.3, -0.25) is 4.98 Å². The van der Waals surface area contributed by atoms with Gasteiger partial charge in [-0.05, 0) is 23.8 Å². The summed E-state index contributed by atoms with van der Waals surface area (Å²) in [6, 6.07) is 6.97. The van der Waals surface area contributed by atoms with Crippen molar-refractivity contribution in [1.29, 1.82) is 0 Å². The molecule has 0 spiro atoms. The van der Waals surface area contributed by atoms with E-state index in [1.54, 1.807) is 23.2 Å². The van der Waals surface area contributed by atoms with Crippen molar-refractivity contribution in [3.63, 3.8) is 0 Å². The van der Waals surface area contributed by atoms with Crippen LogP contribution in [0.15, 0.2) is 42.7 Å². The fourth-order valence-corrected chi connectivity index (χ4v) is 2.16. The van der Waals surface area contributed by atoms with E-state index >= 15 is 0 Å². The van der Waals surface area contributed by atoms with Crippen molar-refractivity contribution in [2.45, 2.75) is 0 Å². The zero-order valence-electron chi connectivity index (χ0n) is 13.8. The van der Waals surface area contributed by atoms with Gasteiger partial charge in [0.1, 0.15) is 5.82 Å². The van der Waals surface area contributed by atoms with Gasteiger partial charge in [-0.1, -0.05) is 12.1 Å². The van der Waals surface area contributed by atoms with Crippen molar-refractivity contribution in [3.05, 3.63) is 48.5 Å². The summed E-state index contributed by atoms with van der Waals surface area (Å²) in [5, 5.41) is 8.47. The molecule has 0 radical (unpaired) electrons. The minimum atomic E-state index is -1.40. The summed E-state index contributed by atoms with van der Waals surface area (Å²) >= 11 is 0. The summed E-state index contributed by atoms with van der Waals surface area (Å²) in [5.74, 6) is -0.209. The minimum absolute atomic E-state index is 0.124. The SMILES string of the molecule is NC(=O)N1CCOCC1.O=C(O)Oc1cncc(-c2ccc(F)cc2)c1. The molecule has 1 aliphatic rings. The highest BCUT2D eigenvalue weighted by Gasteiger charge is 2.12. The Morgan fingerprint density at radius 3 is 2.35 bits per heavy atom. The van der Waals surface area contributed by atoms with Crippen LogP contribution in [0.25, 0.3) is 11.1 Å². The Kier molecular flexibility index (Phi) is 6.86. The molecule has 1 fully saturated rings. The number of morpholine rings is 1. The van der Waals surface area contributed by atoms with Gasteiger partial charge in [-0.25, -0.2) is 14.0 Å². The van der Waals surface area contributed by atoms with Crippen LogP contribution in [0, 0.1) is 5.82 Å². The van der Waals surface area contributed by atoms with Crippen molar-refractivity contribution in [2.75, 3.05) is 26.3 Å². The molecule has 0 atom stereocenters. The molecular weight excluding hydrogens is 345 g/mol. The first-order valence-electron chi connectivity index (χ1n) is 7.69. The van der Waals surface area contributed by atoms with E-state index in [-0.39, 0.29) is 17.6 Å². The van der Waals surface area contributed by atoms with Crippen LogP contribution in [0.1, 0.15) is 0 Å². The lowest BCUT2D eigenvalue weighted by molar-refractivity contribution is 0.0554. The molecular formula is C17H18FN3O5. The number of urea groups is 1. The molecule has 0 unspecified atom stereocenters. The molecule has 2 aromatic rings. The van der Waals surface area contributed by atoms with E-state index in [1.165, 1.54) is 24.4 Å². The zero-order valence-corrected chi connectivity index (χ0v) is 13.8. The van der Waals surface area contributed by atoms with E-state index in [9.17, 15) is 14.0 Å². The van der Waals surface area contributed by atoms with E-state index in [1.807, 2.05) is 0 Å². The Bertz CT molecular complexity index is 748. The molecule has 9 heteroatoms. The molecule has 26 heavy (non-hydrogen) atoms. The third kappa shape index (κ3) is 6.02. The standard InChI is InChI=1S/C12H8FNO3.C5H10N2O2/c13-10-3-1-8(2-4-10)9-5-11(7-14-6-9)17-12(15)16;6-5(8)7-1-3-9-4-2-7/h1-7H,(H,15,16);1-4H2,(H2,6,8). The van der Waals surface area contributed by atoms with Gasteiger partial charge in [-0.15, -0.1) is 0 Å². The van der Waals surface area contributed by atoms with E-state index in [2.05, 4.69) is 9.72 Å². The summed E-state index contributed by atoms with van der Waals surface area (Å²) in [6.45, 7) is 2.50. The highest BCUT2D eigenvalue weighted by Crippen LogP contribution is 2.22. The number of ether oxygens (including phenoxy) is 2. The van der Waals surface area contributed by atoms with Crippen LogP contribution < -0.4 is 10.5 Å². The zero-order chi connectivity index (χ0) is 18.9. The van der Waals surface area contributed by atoms with Gasteiger partial charge < -0.3 is 25.2 Å². The number of amides is 2. The molecule has 8 nitrogen and oxygen atoms in total. The van der Waals surface area contributed by atoms with Crippen LogP contribution in [0.2, 0.25) is 0 Å². The van der Waals surface area contributed by atoms with E-state index in [0.29, 0.717) is 31.9 Å². The van der Waals surface area contributed by atoms with E-state index in [0.717, 1.165) is 5.56 Å². The predicted molar refractivity (Wildman–Crippen MR) is 90.3 cm³/mol. The molecule has 0 bridgehead atoms. The summed E-state index contributed by atoms with van der Waals surface area (Å²) < 4.78 is 22.2. The highest BCUT2D eigenvalue weighted by atomic mass is 19.1. The number of aromatic nitrogens is 1. The van der Waals surface area contributed by atoms with Crippen molar-refractivity contribution in [3.8, 4) is 16.9 Å². The largest absolute Gasteiger partial charge is 0.511 e. The first-order valence-corrected chi connectivity index (χ1v) is 7.69. The molecule has 3 N–H and O–H groups in total. The number of rotatable bonds is 2. The summed E-state index contributed by atoms with van der Waals surface area (Å²) in [5.41, 5.74) is 6.39. The maximum atomic E-state index is 12.7. The molecule has 1 aliphatic heterocycles. The number of nitrogens with two attached hydrogens (primary N) is 1. The van der Waals surface area contributed by atoms with Crippen molar-refractivity contribution >= 4 is 12.2 Å². The lowest BCUT2D eigenvalue weighted by Crippen LogP contribution is -2.43. The van der Waals surface area contributed by atoms with Crippen LogP contribution in [0.5, 0.6) is 5.75 Å². The third-order valence-electron chi connectivity index (χ3n) is 3.42. The minimum Gasteiger partial charge on any atom is -0.449 e. The number of carbonyl (C=O) groups excluding carboxylic acids is 1. The topological polar surface area (TPSA) is 115 Å². The number of hydrogen-bond acceptors (Lipinski definition) is 5. The molecule has 2 heterocycles. The normalized spacial score (nSPS) is 13.3. The van der Waals surface area contributed by atoms with Crippen LogP contribution in [-0.4, -0.2) is 53.5 Å². The average molecular weight is 363 g/mol. The second-order valence-corrected chi connectivity index (χ2v) is 5.22. The van der Waals surface area contributed by atoms with Crippen LogP contribution >= 0.6 is 0 Å². The number of pyridine rings is 1. The van der Waals surface area contributed by atoms with Gasteiger partial charge in [-0.2, -0.15) is 0 Å². The quantitative estimate of drug-likeness (QED) is 0.792. The van der Waals surface area contributed by atoms with Gasteiger partial charge in [0.05, 0.1) is 19.4 Å². The maximum Gasteiger partial charge on any atom is 0.511 e. The fraction of sp³-hybridized carbons (Fsp3) is 0.235. The Morgan fingerprint density at radius 2 is 1.81 bits per heavy atom. The number of carboxylic acid groups (broad SMARTS) is 1. The number of primary amides is 1. The number of benzene rings is 1. The first kappa shape index (κ1) is 19.1. The average Bonchev–Trinajstić information content (AvgIpc) is 2.63. The monoisotopic (exact) mass is 363 g/mol. The van der Waals surface area contributed by atoms with E-state index in [4.69, 9.17) is 15.6 Å². The number of carbonyl (C=O) groups is 2. The Hall–Kier alpha value is -3.20. The van der Waals surface area contributed by atoms with Crippen molar-refractivity contribution < 1.29 is 28.6 Å². The molecule has 1 aromatic heterocycles. The van der Waals surface area contributed by atoms with Crippen LogP contribution in [0.3, 0.4) is 0 Å². The molecule has 0 aliphatic carbocycles. The first-order chi connectivity index (χ1) is 12.5. The van der Waals surface area contributed by atoms with Crippen LogP contribution in [-0.2, 0) is 4.74 Å². The van der Waals surface area contributed by atoms with Crippen LogP contribution in [0.4, 0.5) is 14.0 Å². The summed E-state index contributed by atoms with van der Waals surface area (Å²) in [7, 11) is 0. The van der Waals surface area contributed by atoms with Gasteiger partial charge >= 0.3 is 12.2 Å². The molecule has 1 aromatic carbocycles. The second kappa shape index (κ2) is 9.33. The van der Waals surface area contributed by atoms with Crippen molar-refractivity contribution in [2.24, 2.45) is 5.73 Å².